The van der Waals surface area contributed by atoms with Gasteiger partial charge in [-0.05, 0) is 34.7 Å². The molecular weight excluding hydrogens is 168 g/mol. The average molecular weight is 184 g/mol. The van der Waals surface area contributed by atoms with Crippen LogP contribution in [0.25, 0.3) is 10.8 Å². The Bertz CT molecular complexity index is 441. The van der Waals surface area contributed by atoms with Crippen molar-refractivity contribution in [3.05, 3.63) is 47.5 Å². The molecule has 2 aromatic rings. The van der Waals surface area contributed by atoms with Gasteiger partial charge in [-0.15, -0.1) is 0 Å². The van der Waals surface area contributed by atoms with Crippen LogP contribution < -0.4 is 0 Å². The van der Waals surface area contributed by atoms with Gasteiger partial charge >= 0.3 is 0 Å². The summed E-state index contributed by atoms with van der Waals surface area (Å²) < 4.78 is 0. The summed E-state index contributed by atoms with van der Waals surface area (Å²) >= 11 is 0. The van der Waals surface area contributed by atoms with E-state index in [2.05, 4.69) is 50.2 Å². The van der Waals surface area contributed by atoms with Gasteiger partial charge < -0.3 is 0 Å². The first-order valence-electron chi connectivity index (χ1n) is 5.35. The molecule has 0 saturated carbocycles. The SMILES string of the molecule is CCc1ccc2cccc(CC)c2c1. The Balaban J connectivity index is 2.70. The molecule has 14 heavy (non-hydrogen) atoms. The van der Waals surface area contributed by atoms with Crippen LogP contribution in [0.1, 0.15) is 25.0 Å². The van der Waals surface area contributed by atoms with Crippen LogP contribution in [0, 0.1) is 0 Å². The number of aryl methyl sites for hydroxylation is 2. The second-order valence-corrected chi connectivity index (χ2v) is 3.68. The molecule has 0 radical (unpaired) electrons. The standard InChI is InChI=1S/C14H16/c1-3-11-8-9-13-7-5-6-12(4-2)14(13)10-11/h5-10H,3-4H2,1-2H3. The van der Waals surface area contributed by atoms with Gasteiger partial charge in [-0.3, -0.25) is 0 Å². The Hall–Kier alpha value is -1.30. The first kappa shape index (κ1) is 9.26. The molecule has 72 valence electrons. The summed E-state index contributed by atoms with van der Waals surface area (Å²) in [5.41, 5.74) is 2.89. The fourth-order valence-corrected chi connectivity index (χ4v) is 1.91. The summed E-state index contributed by atoms with van der Waals surface area (Å²) in [5.74, 6) is 0. The van der Waals surface area contributed by atoms with Crippen LogP contribution in [0.2, 0.25) is 0 Å². The highest BCUT2D eigenvalue weighted by Crippen LogP contribution is 2.21. The molecule has 0 N–H and O–H groups in total. The van der Waals surface area contributed by atoms with Crippen LogP contribution in [0.4, 0.5) is 0 Å². The van der Waals surface area contributed by atoms with Crippen molar-refractivity contribution in [2.45, 2.75) is 26.7 Å². The Labute approximate surface area is 85.6 Å². The molecule has 0 spiro atoms. The number of fused-ring (bicyclic) bond motifs is 1. The predicted octanol–water partition coefficient (Wildman–Crippen LogP) is 3.96. The van der Waals surface area contributed by atoms with Crippen LogP contribution in [0.5, 0.6) is 0 Å². The summed E-state index contributed by atoms with van der Waals surface area (Å²) in [5, 5.41) is 2.79. The molecule has 0 nitrogen and oxygen atoms in total. The lowest BCUT2D eigenvalue weighted by atomic mass is 10.00. The second kappa shape index (κ2) is 3.83. The van der Waals surface area contributed by atoms with Gasteiger partial charge in [-0.1, -0.05) is 50.2 Å². The molecule has 0 aliphatic rings. The van der Waals surface area contributed by atoms with Crippen molar-refractivity contribution in [3.63, 3.8) is 0 Å². The third-order valence-corrected chi connectivity index (χ3v) is 2.83. The van der Waals surface area contributed by atoms with Crippen molar-refractivity contribution < 1.29 is 0 Å². The van der Waals surface area contributed by atoms with E-state index in [0.29, 0.717) is 0 Å². The van der Waals surface area contributed by atoms with Crippen molar-refractivity contribution in [1.82, 2.24) is 0 Å². The molecule has 0 saturated heterocycles. The van der Waals surface area contributed by atoms with Gasteiger partial charge in [0.2, 0.25) is 0 Å². The molecule has 0 aromatic heterocycles. The van der Waals surface area contributed by atoms with Crippen molar-refractivity contribution in [2.75, 3.05) is 0 Å². The third kappa shape index (κ3) is 1.52. The van der Waals surface area contributed by atoms with Crippen molar-refractivity contribution in [3.8, 4) is 0 Å². The quantitative estimate of drug-likeness (QED) is 0.662. The lowest BCUT2D eigenvalue weighted by Gasteiger charge is -2.05. The molecular formula is C14H16. The molecule has 0 atom stereocenters. The Morgan fingerprint density at radius 2 is 1.79 bits per heavy atom. The van der Waals surface area contributed by atoms with E-state index in [1.165, 1.54) is 21.9 Å². The Kier molecular flexibility index (Phi) is 2.53. The van der Waals surface area contributed by atoms with Gasteiger partial charge in [0.1, 0.15) is 0 Å². The van der Waals surface area contributed by atoms with Gasteiger partial charge in [0.05, 0.1) is 0 Å². The molecule has 0 amide bonds. The highest BCUT2D eigenvalue weighted by molar-refractivity contribution is 5.86. The highest BCUT2D eigenvalue weighted by atomic mass is 14.0. The van der Waals surface area contributed by atoms with Crippen molar-refractivity contribution in [1.29, 1.82) is 0 Å². The van der Waals surface area contributed by atoms with Gasteiger partial charge in [0, 0.05) is 0 Å². The highest BCUT2D eigenvalue weighted by Gasteiger charge is 1.99. The second-order valence-electron chi connectivity index (χ2n) is 3.68. The Morgan fingerprint density at radius 3 is 2.50 bits per heavy atom. The van der Waals surface area contributed by atoms with Crippen LogP contribution in [-0.4, -0.2) is 0 Å². The summed E-state index contributed by atoms with van der Waals surface area (Å²) in [6.45, 7) is 4.42. The lowest BCUT2D eigenvalue weighted by Crippen LogP contribution is -1.86. The maximum atomic E-state index is 2.33. The van der Waals surface area contributed by atoms with Crippen molar-refractivity contribution in [2.24, 2.45) is 0 Å². The minimum Gasteiger partial charge on any atom is -0.0614 e. The van der Waals surface area contributed by atoms with Gasteiger partial charge in [-0.2, -0.15) is 0 Å². The van der Waals surface area contributed by atoms with Crippen LogP contribution in [0.15, 0.2) is 36.4 Å². The minimum atomic E-state index is 1.12. The fourth-order valence-electron chi connectivity index (χ4n) is 1.91. The molecule has 0 unspecified atom stereocenters. The minimum absolute atomic E-state index is 1.12. The van der Waals surface area contributed by atoms with Gasteiger partial charge in [0.25, 0.3) is 0 Å². The lowest BCUT2D eigenvalue weighted by molar-refractivity contribution is 1.13. The van der Waals surface area contributed by atoms with E-state index in [-0.39, 0.29) is 0 Å². The van der Waals surface area contributed by atoms with Crippen molar-refractivity contribution >= 4 is 10.8 Å². The summed E-state index contributed by atoms with van der Waals surface area (Å²) in [7, 11) is 0. The first-order chi connectivity index (χ1) is 6.85. The summed E-state index contributed by atoms with van der Waals surface area (Å²) in [6.07, 6.45) is 2.23. The predicted molar refractivity (Wildman–Crippen MR) is 62.7 cm³/mol. The zero-order valence-electron chi connectivity index (χ0n) is 8.88. The smallest absolute Gasteiger partial charge is 0.0149 e. The van der Waals surface area contributed by atoms with E-state index < -0.39 is 0 Å². The van der Waals surface area contributed by atoms with Crippen LogP contribution in [-0.2, 0) is 12.8 Å². The monoisotopic (exact) mass is 184 g/mol. The van der Waals surface area contributed by atoms with E-state index in [1.54, 1.807) is 0 Å². The van der Waals surface area contributed by atoms with Crippen LogP contribution >= 0.6 is 0 Å². The normalized spacial score (nSPS) is 10.7. The molecule has 0 aliphatic heterocycles. The maximum absolute atomic E-state index is 2.33. The van der Waals surface area contributed by atoms with E-state index in [0.717, 1.165) is 12.8 Å². The number of rotatable bonds is 2. The number of hydrogen-bond acceptors (Lipinski definition) is 0. The Morgan fingerprint density at radius 1 is 0.929 bits per heavy atom. The van der Waals surface area contributed by atoms with Gasteiger partial charge in [0.15, 0.2) is 0 Å². The topological polar surface area (TPSA) is 0 Å². The molecule has 0 bridgehead atoms. The van der Waals surface area contributed by atoms with E-state index in [9.17, 15) is 0 Å². The number of benzene rings is 2. The number of hydrogen-bond donors (Lipinski definition) is 0. The third-order valence-electron chi connectivity index (χ3n) is 2.83. The average Bonchev–Trinajstić information content (AvgIpc) is 2.27. The fraction of sp³-hybridized carbons (Fsp3) is 0.286. The first-order valence-corrected chi connectivity index (χ1v) is 5.35. The summed E-state index contributed by atoms with van der Waals surface area (Å²) in [6, 6.07) is 13.3. The van der Waals surface area contributed by atoms with E-state index in [4.69, 9.17) is 0 Å². The van der Waals surface area contributed by atoms with E-state index >= 15 is 0 Å². The molecule has 2 rings (SSSR count). The van der Waals surface area contributed by atoms with Crippen LogP contribution in [0.3, 0.4) is 0 Å². The molecule has 2 aromatic carbocycles. The zero-order chi connectivity index (χ0) is 9.97. The van der Waals surface area contributed by atoms with E-state index in [1.807, 2.05) is 0 Å². The molecule has 0 heterocycles. The van der Waals surface area contributed by atoms with Gasteiger partial charge in [-0.25, -0.2) is 0 Å². The maximum Gasteiger partial charge on any atom is -0.0149 e. The zero-order valence-corrected chi connectivity index (χ0v) is 8.88. The molecule has 0 aliphatic carbocycles. The molecule has 0 fully saturated rings. The largest absolute Gasteiger partial charge is 0.0614 e. The molecule has 0 heteroatoms. The summed E-state index contributed by atoms with van der Waals surface area (Å²) in [4.78, 5) is 0.